The van der Waals surface area contributed by atoms with Crippen molar-refractivity contribution in [3.63, 3.8) is 0 Å². The Bertz CT molecular complexity index is 1020. The molecule has 0 unspecified atom stereocenters. The van der Waals surface area contributed by atoms with Gasteiger partial charge in [-0.2, -0.15) is 13.2 Å². The molecule has 7 nitrogen and oxygen atoms in total. The molecule has 36 heavy (non-hydrogen) atoms. The Labute approximate surface area is 209 Å². The second kappa shape index (κ2) is 12.4. The Balaban J connectivity index is 1.95. The molecule has 0 saturated heterocycles. The highest BCUT2D eigenvalue weighted by molar-refractivity contribution is 5.94. The van der Waals surface area contributed by atoms with Crippen molar-refractivity contribution >= 4 is 17.9 Å². The number of ether oxygens (including phenoxy) is 1. The van der Waals surface area contributed by atoms with Crippen LogP contribution in [0, 0.1) is 0 Å². The Morgan fingerprint density at radius 2 is 1.58 bits per heavy atom. The predicted molar refractivity (Wildman–Crippen MR) is 129 cm³/mol. The standard InChI is InChI=1S/C26H32F3N3O4/c1-25(2,3)36-24(35)31-21(15-10-18-8-6-5-7-9-18)23(34)32(4)17-16-30-22(33)19-11-13-20(14-12-19)26(27,28)29/h5-9,11-14,21H,10,15-17H2,1-4H3,(H,30,33)(H,31,35)/t21-/m0/s1. The summed E-state index contributed by atoms with van der Waals surface area (Å²) in [7, 11) is 1.54. The molecule has 1 atom stereocenters. The summed E-state index contributed by atoms with van der Waals surface area (Å²) < 4.78 is 43.4. The number of hydrogen-bond donors (Lipinski definition) is 2. The number of hydrogen-bond acceptors (Lipinski definition) is 4. The Kier molecular flexibility index (Phi) is 9.89. The Morgan fingerprint density at radius 1 is 0.972 bits per heavy atom. The molecule has 0 aliphatic carbocycles. The van der Waals surface area contributed by atoms with Crippen molar-refractivity contribution < 1.29 is 32.3 Å². The van der Waals surface area contributed by atoms with Gasteiger partial charge in [-0.05, 0) is 63.4 Å². The Morgan fingerprint density at radius 3 is 2.14 bits per heavy atom. The molecule has 196 valence electrons. The number of alkyl halides is 3. The van der Waals surface area contributed by atoms with Crippen LogP contribution in [0.15, 0.2) is 54.6 Å². The van der Waals surface area contributed by atoms with Gasteiger partial charge < -0.3 is 20.3 Å². The summed E-state index contributed by atoms with van der Waals surface area (Å²) in [6, 6.07) is 12.5. The molecule has 0 saturated carbocycles. The summed E-state index contributed by atoms with van der Waals surface area (Å²) in [4.78, 5) is 39.0. The largest absolute Gasteiger partial charge is 0.444 e. The number of likely N-dealkylation sites (N-methyl/N-ethyl adjacent to an activating group) is 1. The average Bonchev–Trinajstić information content (AvgIpc) is 2.80. The number of nitrogens with zero attached hydrogens (tertiary/aromatic N) is 1. The van der Waals surface area contributed by atoms with Gasteiger partial charge >= 0.3 is 12.3 Å². The van der Waals surface area contributed by atoms with E-state index < -0.39 is 35.4 Å². The molecule has 2 N–H and O–H groups in total. The lowest BCUT2D eigenvalue weighted by atomic mass is 10.0. The highest BCUT2D eigenvalue weighted by Gasteiger charge is 2.30. The van der Waals surface area contributed by atoms with Crippen molar-refractivity contribution in [3.05, 3.63) is 71.3 Å². The lowest BCUT2D eigenvalue weighted by molar-refractivity contribution is -0.137. The first-order valence-electron chi connectivity index (χ1n) is 11.5. The normalized spacial score (nSPS) is 12.4. The number of aryl methyl sites for hydroxylation is 1. The van der Waals surface area contributed by atoms with E-state index in [0.29, 0.717) is 12.8 Å². The van der Waals surface area contributed by atoms with Crippen molar-refractivity contribution in [3.8, 4) is 0 Å². The first-order valence-corrected chi connectivity index (χ1v) is 11.5. The van der Waals surface area contributed by atoms with Crippen LogP contribution in [0.3, 0.4) is 0 Å². The SMILES string of the molecule is CN(CCNC(=O)c1ccc(C(F)(F)F)cc1)C(=O)[C@H](CCc1ccccc1)NC(=O)OC(C)(C)C. The smallest absolute Gasteiger partial charge is 0.416 e. The fourth-order valence-electron chi connectivity index (χ4n) is 3.29. The number of nitrogens with one attached hydrogen (secondary N) is 2. The average molecular weight is 508 g/mol. The minimum absolute atomic E-state index is 0.0694. The molecule has 10 heteroatoms. The van der Waals surface area contributed by atoms with Crippen molar-refractivity contribution in [2.45, 2.75) is 51.4 Å². The maximum Gasteiger partial charge on any atom is 0.416 e. The molecule has 0 aliphatic heterocycles. The minimum atomic E-state index is -4.48. The summed E-state index contributed by atoms with van der Waals surface area (Å²) >= 11 is 0. The van der Waals surface area contributed by atoms with E-state index in [4.69, 9.17) is 4.74 Å². The maximum atomic E-state index is 13.1. The summed E-state index contributed by atoms with van der Waals surface area (Å²) in [6.07, 6.45) is -4.31. The first kappa shape index (κ1) is 28.7. The predicted octanol–water partition coefficient (Wildman–Crippen LogP) is 4.42. The van der Waals surface area contributed by atoms with Gasteiger partial charge in [0.1, 0.15) is 11.6 Å². The van der Waals surface area contributed by atoms with Crippen LogP contribution < -0.4 is 10.6 Å². The minimum Gasteiger partial charge on any atom is -0.444 e. The second-order valence-electron chi connectivity index (χ2n) is 9.31. The molecule has 0 spiro atoms. The van der Waals surface area contributed by atoms with E-state index in [2.05, 4.69) is 10.6 Å². The topological polar surface area (TPSA) is 87.7 Å². The first-order chi connectivity index (χ1) is 16.8. The van der Waals surface area contributed by atoms with Crippen LogP contribution in [0.4, 0.5) is 18.0 Å². The zero-order valence-corrected chi connectivity index (χ0v) is 20.8. The van der Waals surface area contributed by atoms with Crippen LogP contribution in [0.2, 0.25) is 0 Å². The number of carbonyl (C=O) groups excluding carboxylic acids is 3. The quantitative estimate of drug-likeness (QED) is 0.526. The third kappa shape index (κ3) is 9.59. The summed E-state index contributed by atoms with van der Waals surface area (Å²) in [5.41, 5.74) is -0.494. The van der Waals surface area contributed by atoms with Gasteiger partial charge in [-0.3, -0.25) is 9.59 Å². The molecule has 3 amide bonds. The molecular weight excluding hydrogens is 475 g/mol. The number of amides is 3. The van der Waals surface area contributed by atoms with Crippen LogP contribution in [-0.2, 0) is 22.1 Å². The molecular formula is C26H32F3N3O4. The van der Waals surface area contributed by atoms with E-state index in [1.807, 2.05) is 30.3 Å². The number of alkyl carbamates (subject to hydrolysis) is 1. The molecule has 0 heterocycles. The van der Waals surface area contributed by atoms with Crippen LogP contribution in [0.5, 0.6) is 0 Å². The Hall–Kier alpha value is -3.56. The number of halogens is 3. The summed E-state index contributed by atoms with van der Waals surface area (Å²) in [6.45, 7) is 5.36. The summed E-state index contributed by atoms with van der Waals surface area (Å²) in [5, 5.41) is 5.22. The highest BCUT2D eigenvalue weighted by atomic mass is 19.4. The summed E-state index contributed by atoms with van der Waals surface area (Å²) in [5.74, 6) is -0.919. The van der Waals surface area contributed by atoms with Gasteiger partial charge in [0, 0.05) is 25.7 Å². The monoisotopic (exact) mass is 507 g/mol. The fourth-order valence-corrected chi connectivity index (χ4v) is 3.29. The molecule has 2 aromatic rings. The van der Waals surface area contributed by atoms with Crippen LogP contribution >= 0.6 is 0 Å². The lowest BCUT2D eigenvalue weighted by Crippen LogP contribution is -2.50. The number of benzene rings is 2. The number of rotatable bonds is 9. The van der Waals surface area contributed by atoms with Crippen molar-refractivity contribution in [1.82, 2.24) is 15.5 Å². The van der Waals surface area contributed by atoms with Crippen LogP contribution in [0.25, 0.3) is 0 Å². The third-order valence-electron chi connectivity index (χ3n) is 5.14. The van der Waals surface area contributed by atoms with E-state index >= 15 is 0 Å². The van der Waals surface area contributed by atoms with Gasteiger partial charge in [0.25, 0.3) is 5.91 Å². The molecule has 2 rings (SSSR count). The second-order valence-corrected chi connectivity index (χ2v) is 9.31. The molecule has 0 bridgehead atoms. The molecule has 2 aromatic carbocycles. The zero-order valence-electron chi connectivity index (χ0n) is 20.8. The third-order valence-corrected chi connectivity index (χ3v) is 5.14. The van der Waals surface area contributed by atoms with E-state index in [1.165, 1.54) is 4.90 Å². The van der Waals surface area contributed by atoms with Gasteiger partial charge in [-0.15, -0.1) is 0 Å². The van der Waals surface area contributed by atoms with Crippen molar-refractivity contribution in [2.75, 3.05) is 20.1 Å². The van der Waals surface area contributed by atoms with Crippen molar-refractivity contribution in [2.24, 2.45) is 0 Å². The molecule has 0 aromatic heterocycles. The zero-order chi connectivity index (χ0) is 26.9. The van der Waals surface area contributed by atoms with E-state index in [1.54, 1.807) is 27.8 Å². The van der Waals surface area contributed by atoms with E-state index in [-0.39, 0.29) is 24.6 Å². The molecule has 0 aliphatic rings. The van der Waals surface area contributed by atoms with E-state index in [9.17, 15) is 27.6 Å². The molecule has 0 fully saturated rings. The van der Waals surface area contributed by atoms with Crippen LogP contribution in [-0.4, -0.2) is 54.6 Å². The number of carbonyl (C=O) groups is 3. The van der Waals surface area contributed by atoms with Gasteiger partial charge in [0.15, 0.2) is 0 Å². The fraction of sp³-hybridized carbons (Fsp3) is 0.423. The van der Waals surface area contributed by atoms with Gasteiger partial charge in [0.05, 0.1) is 5.56 Å². The van der Waals surface area contributed by atoms with Gasteiger partial charge in [0.2, 0.25) is 5.91 Å². The van der Waals surface area contributed by atoms with Gasteiger partial charge in [-0.1, -0.05) is 30.3 Å². The maximum absolute atomic E-state index is 13.1. The van der Waals surface area contributed by atoms with Crippen molar-refractivity contribution in [1.29, 1.82) is 0 Å². The lowest BCUT2D eigenvalue weighted by Gasteiger charge is -2.26. The van der Waals surface area contributed by atoms with E-state index in [0.717, 1.165) is 29.8 Å². The molecule has 0 radical (unpaired) electrons. The van der Waals surface area contributed by atoms with Crippen LogP contribution in [0.1, 0.15) is 48.7 Å². The highest BCUT2D eigenvalue weighted by Crippen LogP contribution is 2.29. The van der Waals surface area contributed by atoms with Gasteiger partial charge in [-0.25, -0.2) is 4.79 Å².